The zero-order valence-electron chi connectivity index (χ0n) is 10.0. The second-order valence-electron chi connectivity index (χ2n) is 4.40. The highest BCUT2D eigenvalue weighted by Crippen LogP contribution is 2.18. The van der Waals surface area contributed by atoms with Crippen LogP contribution in [0.15, 0.2) is 24.3 Å². The lowest BCUT2D eigenvalue weighted by Gasteiger charge is -2.22. The maximum atomic E-state index is 11.5. The van der Waals surface area contributed by atoms with E-state index in [1.54, 1.807) is 0 Å². The van der Waals surface area contributed by atoms with Crippen LogP contribution in [0.1, 0.15) is 12.0 Å². The van der Waals surface area contributed by atoms with Gasteiger partial charge in [-0.25, -0.2) is 8.42 Å². The number of hydrogen-bond donors (Lipinski definition) is 1. The van der Waals surface area contributed by atoms with Gasteiger partial charge < -0.3 is 10.6 Å². The zero-order valence-corrected chi connectivity index (χ0v) is 11.6. The molecule has 2 N–H and O–H groups in total. The highest BCUT2D eigenvalue weighted by Gasteiger charge is 2.19. The first-order valence-electron chi connectivity index (χ1n) is 5.83. The summed E-state index contributed by atoms with van der Waals surface area (Å²) < 4.78 is 23.1. The summed E-state index contributed by atoms with van der Waals surface area (Å²) in [5.74, 6) is 0.512. The summed E-state index contributed by atoms with van der Waals surface area (Å²) in [4.78, 5) is 2.47. The maximum Gasteiger partial charge on any atom is 0.152 e. The largest absolute Gasteiger partial charge is 0.389 e. The fourth-order valence-corrected chi connectivity index (χ4v) is 3.44. The first-order chi connectivity index (χ1) is 8.48. The molecule has 1 saturated heterocycles. The SMILES string of the molecule is NC(=S)c1ccc(N2CCCS(=O)(=O)CC2)cc1. The van der Waals surface area contributed by atoms with Gasteiger partial charge in [-0.2, -0.15) is 0 Å². The second-order valence-corrected chi connectivity index (χ2v) is 7.15. The van der Waals surface area contributed by atoms with Crippen molar-refractivity contribution >= 4 is 32.7 Å². The van der Waals surface area contributed by atoms with Crippen LogP contribution in [0.3, 0.4) is 0 Å². The molecule has 4 nitrogen and oxygen atoms in total. The van der Waals surface area contributed by atoms with Crippen LogP contribution in [-0.2, 0) is 9.84 Å². The van der Waals surface area contributed by atoms with Crippen molar-refractivity contribution in [2.75, 3.05) is 29.5 Å². The van der Waals surface area contributed by atoms with E-state index in [2.05, 4.69) is 4.90 Å². The van der Waals surface area contributed by atoms with Crippen LogP contribution in [0.2, 0.25) is 0 Å². The number of thiocarbonyl (C=S) groups is 1. The third-order valence-corrected chi connectivity index (χ3v) is 5.02. The van der Waals surface area contributed by atoms with E-state index in [1.807, 2.05) is 24.3 Å². The molecule has 1 aliphatic heterocycles. The molecule has 98 valence electrons. The normalized spacial score (nSPS) is 19.2. The molecular weight excluding hydrogens is 268 g/mol. The quantitative estimate of drug-likeness (QED) is 0.819. The van der Waals surface area contributed by atoms with E-state index in [9.17, 15) is 8.42 Å². The van der Waals surface area contributed by atoms with E-state index in [4.69, 9.17) is 18.0 Å². The van der Waals surface area contributed by atoms with Gasteiger partial charge in [0.2, 0.25) is 0 Å². The van der Waals surface area contributed by atoms with Gasteiger partial charge in [-0.15, -0.1) is 0 Å². The number of rotatable bonds is 2. The fraction of sp³-hybridized carbons (Fsp3) is 0.417. The lowest BCUT2D eigenvalue weighted by Crippen LogP contribution is -2.26. The number of benzene rings is 1. The molecule has 0 atom stereocenters. The van der Waals surface area contributed by atoms with E-state index in [0.29, 0.717) is 18.0 Å². The lowest BCUT2D eigenvalue weighted by atomic mass is 10.2. The van der Waals surface area contributed by atoms with Gasteiger partial charge in [0.1, 0.15) is 4.99 Å². The van der Waals surface area contributed by atoms with Crippen molar-refractivity contribution in [3.05, 3.63) is 29.8 Å². The van der Waals surface area contributed by atoms with Crippen molar-refractivity contribution in [2.24, 2.45) is 5.73 Å². The average Bonchev–Trinajstić information content (AvgIpc) is 2.50. The minimum Gasteiger partial charge on any atom is -0.389 e. The lowest BCUT2D eigenvalue weighted by molar-refractivity contribution is 0.597. The summed E-state index contributed by atoms with van der Waals surface area (Å²) in [5.41, 5.74) is 7.39. The van der Waals surface area contributed by atoms with Crippen molar-refractivity contribution < 1.29 is 8.42 Å². The monoisotopic (exact) mass is 284 g/mol. The number of nitrogens with two attached hydrogens (primary N) is 1. The van der Waals surface area contributed by atoms with E-state index >= 15 is 0 Å². The summed E-state index contributed by atoms with van der Waals surface area (Å²) in [5, 5.41) is 0. The van der Waals surface area contributed by atoms with Gasteiger partial charge in [0, 0.05) is 24.3 Å². The van der Waals surface area contributed by atoms with Crippen LogP contribution in [0.25, 0.3) is 0 Å². The first-order valence-corrected chi connectivity index (χ1v) is 8.06. The first kappa shape index (κ1) is 13.3. The third kappa shape index (κ3) is 3.20. The summed E-state index contributed by atoms with van der Waals surface area (Å²) in [6.45, 7) is 1.32. The smallest absolute Gasteiger partial charge is 0.152 e. The Hall–Kier alpha value is -1.14. The fourth-order valence-electron chi connectivity index (χ4n) is 2.03. The standard InChI is InChI=1S/C12H16N2O2S2/c13-12(17)10-2-4-11(5-3-10)14-6-1-8-18(15,16)9-7-14/h2-5H,1,6-9H2,(H2,13,17). The molecule has 0 unspecified atom stereocenters. The number of sulfone groups is 1. The van der Waals surface area contributed by atoms with E-state index in [0.717, 1.165) is 17.8 Å². The Balaban J connectivity index is 2.14. The maximum absolute atomic E-state index is 11.5. The molecule has 1 aromatic rings. The molecule has 1 aliphatic rings. The molecule has 2 rings (SSSR count). The summed E-state index contributed by atoms with van der Waals surface area (Å²) in [7, 11) is -2.86. The Bertz CT molecular complexity index is 538. The second kappa shape index (κ2) is 5.24. The molecule has 0 bridgehead atoms. The van der Waals surface area contributed by atoms with Gasteiger partial charge in [0.15, 0.2) is 9.84 Å². The molecule has 0 aromatic heterocycles. The average molecular weight is 284 g/mol. The molecule has 0 radical (unpaired) electrons. The van der Waals surface area contributed by atoms with Gasteiger partial charge in [0.25, 0.3) is 0 Å². The Morgan fingerprint density at radius 3 is 2.44 bits per heavy atom. The van der Waals surface area contributed by atoms with Crippen LogP contribution in [0.4, 0.5) is 5.69 Å². The number of anilines is 1. The molecule has 6 heteroatoms. The van der Waals surface area contributed by atoms with Crippen molar-refractivity contribution in [1.29, 1.82) is 0 Å². The molecule has 18 heavy (non-hydrogen) atoms. The van der Waals surface area contributed by atoms with Crippen molar-refractivity contribution in [3.8, 4) is 0 Å². The molecule has 1 aromatic carbocycles. The van der Waals surface area contributed by atoms with E-state index in [-0.39, 0.29) is 11.5 Å². The summed E-state index contributed by atoms with van der Waals surface area (Å²) >= 11 is 4.90. The molecule has 0 spiro atoms. The van der Waals surface area contributed by atoms with Crippen molar-refractivity contribution in [3.63, 3.8) is 0 Å². The van der Waals surface area contributed by atoms with Crippen LogP contribution in [0.5, 0.6) is 0 Å². The Morgan fingerprint density at radius 1 is 1.17 bits per heavy atom. The van der Waals surface area contributed by atoms with Gasteiger partial charge >= 0.3 is 0 Å². The Morgan fingerprint density at radius 2 is 1.83 bits per heavy atom. The number of nitrogens with zero attached hydrogens (tertiary/aromatic N) is 1. The molecule has 0 amide bonds. The zero-order chi connectivity index (χ0) is 13.2. The van der Waals surface area contributed by atoms with Gasteiger partial charge in [-0.05, 0) is 30.7 Å². The molecule has 0 saturated carbocycles. The third-order valence-electron chi connectivity index (χ3n) is 3.07. The molecule has 1 fully saturated rings. The topological polar surface area (TPSA) is 63.4 Å². The van der Waals surface area contributed by atoms with Crippen LogP contribution >= 0.6 is 12.2 Å². The molecule has 1 heterocycles. The highest BCUT2D eigenvalue weighted by molar-refractivity contribution is 7.91. The molecular formula is C12H16N2O2S2. The predicted octanol–water partition coefficient (Wildman–Crippen LogP) is 0.946. The van der Waals surface area contributed by atoms with E-state index in [1.165, 1.54) is 0 Å². The minimum absolute atomic E-state index is 0.226. The Kier molecular flexibility index (Phi) is 3.87. The van der Waals surface area contributed by atoms with Crippen molar-refractivity contribution in [2.45, 2.75) is 6.42 Å². The minimum atomic E-state index is -2.86. The van der Waals surface area contributed by atoms with Crippen LogP contribution in [-0.4, -0.2) is 38.0 Å². The van der Waals surface area contributed by atoms with Crippen LogP contribution < -0.4 is 10.6 Å². The van der Waals surface area contributed by atoms with Gasteiger partial charge in [-0.1, -0.05) is 12.2 Å². The summed E-state index contributed by atoms with van der Waals surface area (Å²) in [6, 6.07) is 7.62. The Labute approximate surface area is 113 Å². The highest BCUT2D eigenvalue weighted by atomic mass is 32.2. The summed E-state index contributed by atoms with van der Waals surface area (Å²) in [6.07, 6.45) is 0.680. The predicted molar refractivity (Wildman–Crippen MR) is 77.8 cm³/mol. The molecule has 0 aliphatic carbocycles. The van der Waals surface area contributed by atoms with Crippen LogP contribution in [0, 0.1) is 0 Å². The van der Waals surface area contributed by atoms with Gasteiger partial charge in [-0.3, -0.25) is 0 Å². The van der Waals surface area contributed by atoms with E-state index < -0.39 is 9.84 Å². The van der Waals surface area contributed by atoms with Crippen molar-refractivity contribution in [1.82, 2.24) is 0 Å². The number of hydrogen-bond acceptors (Lipinski definition) is 4. The van der Waals surface area contributed by atoms with Gasteiger partial charge in [0.05, 0.1) is 11.5 Å².